The molecule has 78 valence electrons. The summed E-state index contributed by atoms with van der Waals surface area (Å²) in [7, 11) is -3.42. The van der Waals surface area contributed by atoms with Gasteiger partial charge in [-0.25, -0.2) is 4.98 Å². The van der Waals surface area contributed by atoms with Gasteiger partial charge in [0.2, 0.25) is 0 Å². The van der Waals surface area contributed by atoms with Crippen molar-refractivity contribution in [1.82, 2.24) is 4.98 Å². The second-order valence-electron chi connectivity index (χ2n) is 2.86. The fraction of sp³-hybridized carbons (Fsp3) is 0.375. The van der Waals surface area contributed by atoms with Crippen molar-refractivity contribution in [3.63, 3.8) is 0 Å². The third-order valence-electron chi connectivity index (χ3n) is 1.54. The molecule has 0 bridgehead atoms. The van der Waals surface area contributed by atoms with Crippen molar-refractivity contribution in [3.05, 3.63) is 28.5 Å². The number of hydrogen-bond donors (Lipinski definition) is 0. The average molecular weight is 280 g/mol. The summed E-state index contributed by atoms with van der Waals surface area (Å²) in [5, 5.41) is 0. The molecule has 0 saturated carbocycles. The van der Waals surface area contributed by atoms with Crippen LogP contribution in [0, 0.1) is 0 Å². The normalized spacial score (nSPS) is 13.9. The van der Waals surface area contributed by atoms with E-state index in [0.29, 0.717) is 4.60 Å². The van der Waals surface area contributed by atoms with E-state index in [1.54, 1.807) is 25.3 Å². The first-order chi connectivity index (χ1) is 6.38. The number of aromatic nitrogens is 1. The average Bonchev–Trinajstić information content (AvgIpc) is 2.02. The Hall–Kier alpha value is -0.460. The second kappa shape index (κ2) is 4.37. The maximum atomic E-state index is 10.8. The van der Waals surface area contributed by atoms with Gasteiger partial charge in [0.15, 0.2) is 0 Å². The fourth-order valence-electron chi connectivity index (χ4n) is 0.945. The van der Waals surface area contributed by atoms with Crippen molar-refractivity contribution >= 4 is 26.0 Å². The van der Waals surface area contributed by atoms with Crippen molar-refractivity contribution in [2.45, 2.75) is 13.0 Å². The van der Waals surface area contributed by atoms with Crippen LogP contribution in [-0.2, 0) is 14.3 Å². The standard InChI is InChI=1S/C8H10BrNO3S/c1-6(13-14(2,11)12)7-3-4-8(9)10-5-7/h3-6H,1-2H3. The monoisotopic (exact) mass is 279 g/mol. The number of hydrogen-bond acceptors (Lipinski definition) is 4. The maximum Gasteiger partial charge on any atom is 0.264 e. The van der Waals surface area contributed by atoms with Crippen LogP contribution in [-0.4, -0.2) is 19.7 Å². The Balaban J connectivity index is 2.80. The van der Waals surface area contributed by atoms with Gasteiger partial charge in [-0.2, -0.15) is 8.42 Å². The second-order valence-corrected chi connectivity index (χ2v) is 5.27. The molecule has 0 aromatic carbocycles. The van der Waals surface area contributed by atoms with E-state index in [2.05, 4.69) is 20.9 Å². The number of halogens is 1. The van der Waals surface area contributed by atoms with Crippen molar-refractivity contribution in [2.75, 3.05) is 6.26 Å². The Kier molecular flexibility index (Phi) is 3.63. The summed E-state index contributed by atoms with van der Waals surface area (Å²) in [5.74, 6) is 0. The third-order valence-corrected chi connectivity index (χ3v) is 2.65. The summed E-state index contributed by atoms with van der Waals surface area (Å²) >= 11 is 3.19. The Bertz CT molecular complexity index is 401. The van der Waals surface area contributed by atoms with Gasteiger partial charge < -0.3 is 0 Å². The van der Waals surface area contributed by atoms with Crippen LogP contribution >= 0.6 is 15.9 Å². The largest absolute Gasteiger partial charge is 0.264 e. The molecule has 0 aliphatic heterocycles. The molecule has 0 aliphatic rings. The molecule has 0 aliphatic carbocycles. The van der Waals surface area contributed by atoms with E-state index < -0.39 is 16.2 Å². The SMILES string of the molecule is CC(OS(C)(=O)=O)c1ccc(Br)nc1. The van der Waals surface area contributed by atoms with Crippen LogP contribution in [0.25, 0.3) is 0 Å². The Morgan fingerprint density at radius 2 is 2.14 bits per heavy atom. The lowest BCUT2D eigenvalue weighted by Crippen LogP contribution is -2.07. The van der Waals surface area contributed by atoms with Gasteiger partial charge in [0, 0.05) is 11.8 Å². The highest BCUT2D eigenvalue weighted by molar-refractivity contribution is 9.10. The van der Waals surface area contributed by atoms with Crippen LogP contribution in [0.5, 0.6) is 0 Å². The summed E-state index contributed by atoms with van der Waals surface area (Å²) in [6.07, 6.45) is 2.08. The van der Waals surface area contributed by atoms with Crippen LogP contribution in [0.4, 0.5) is 0 Å². The van der Waals surface area contributed by atoms with Gasteiger partial charge in [-0.05, 0) is 28.9 Å². The molecule has 0 saturated heterocycles. The summed E-state index contributed by atoms with van der Waals surface area (Å²) in [6.45, 7) is 1.66. The van der Waals surface area contributed by atoms with Crippen molar-refractivity contribution in [2.24, 2.45) is 0 Å². The molecule has 6 heteroatoms. The molecule has 0 N–H and O–H groups in total. The molecule has 1 heterocycles. The van der Waals surface area contributed by atoms with Crippen LogP contribution in [0.1, 0.15) is 18.6 Å². The molecule has 1 unspecified atom stereocenters. The van der Waals surface area contributed by atoms with E-state index in [1.165, 1.54) is 0 Å². The minimum Gasteiger partial charge on any atom is -0.262 e. The molecule has 0 fully saturated rings. The Labute approximate surface area is 91.6 Å². The van der Waals surface area contributed by atoms with Gasteiger partial charge in [-0.15, -0.1) is 0 Å². The van der Waals surface area contributed by atoms with E-state index in [1.807, 2.05) is 0 Å². The lowest BCUT2D eigenvalue weighted by atomic mass is 10.2. The molecule has 1 aromatic rings. The molecule has 4 nitrogen and oxygen atoms in total. The lowest BCUT2D eigenvalue weighted by molar-refractivity contribution is 0.236. The number of nitrogens with zero attached hydrogens (tertiary/aromatic N) is 1. The number of pyridine rings is 1. The minimum absolute atomic E-state index is 0.509. The summed E-state index contributed by atoms with van der Waals surface area (Å²) in [4.78, 5) is 3.97. The van der Waals surface area contributed by atoms with Crippen molar-refractivity contribution < 1.29 is 12.6 Å². The van der Waals surface area contributed by atoms with Gasteiger partial charge in [-0.1, -0.05) is 6.07 Å². The lowest BCUT2D eigenvalue weighted by Gasteiger charge is -2.10. The number of rotatable bonds is 3. The minimum atomic E-state index is -3.42. The molecule has 14 heavy (non-hydrogen) atoms. The van der Waals surface area contributed by atoms with E-state index in [4.69, 9.17) is 4.18 Å². The molecular weight excluding hydrogens is 270 g/mol. The zero-order valence-electron chi connectivity index (χ0n) is 7.77. The van der Waals surface area contributed by atoms with Crippen molar-refractivity contribution in [1.29, 1.82) is 0 Å². The van der Waals surface area contributed by atoms with Crippen LogP contribution in [0.15, 0.2) is 22.9 Å². The molecular formula is C8H10BrNO3S. The van der Waals surface area contributed by atoms with E-state index in [9.17, 15) is 8.42 Å². The van der Waals surface area contributed by atoms with Gasteiger partial charge in [-0.3, -0.25) is 4.18 Å². The zero-order valence-corrected chi connectivity index (χ0v) is 10.2. The quantitative estimate of drug-likeness (QED) is 0.626. The highest BCUT2D eigenvalue weighted by atomic mass is 79.9. The highest BCUT2D eigenvalue weighted by Gasteiger charge is 2.12. The maximum absolute atomic E-state index is 10.8. The Morgan fingerprint density at radius 1 is 1.50 bits per heavy atom. The van der Waals surface area contributed by atoms with E-state index in [0.717, 1.165) is 11.8 Å². The summed E-state index contributed by atoms with van der Waals surface area (Å²) in [6, 6.07) is 3.49. The van der Waals surface area contributed by atoms with Crippen LogP contribution in [0.3, 0.4) is 0 Å². The van der Waals surface area contributed by atoms with Crippen LogP contribution in [0.2, 0.25) is 0 Å². The third kappa shape index (κ3) is 3.73. The molecule has 1 aromatic heterocycles. The predicted octanol–water partition coefficient (Wildman–Crippen LogP) is 1.88. The molecule has 1 atom stereocenters. The van der Waals surface area contributed by atoms with E-state index in [-0.39, 0.29) is 0 Å². The molecule has 0 amide bonds. The topological polar surface area (TPSA) is 56.3 Å². The fourth-order valence-corrected chi connectivity index (χ4v) is 1.82. The van der Waals surface area contributed by atoms with Gasteiger partial charge in [0.05, 0.1) is 6.26 Å². The molecule has 0 radical (unpaired) electrons. The van der Waals surface area contributed by atoms with Crippen LogP contribution < -0.4 is 0 Å². The molecule has 0 spiro atoms. The van der Waals surface area contributed by atoms with Gasteiger partial charge >= 0.3 is 0 Å². The molecule has 1 rings (SSSR count). The first kappa shape index (κ1) is 11.6. The zero-order chi connectivity index (χ0) is 10.8. The van der Waals surface area contributed by atoms with Crippen molar-refractivity contribution in [3.8, 4) is 0 Å². The van der Waals surface area contributed by atoms with Gasteiger partial charge in [0.25, 0.3) is 10.1 Å². The van der Waals surface area contributed by atoms with Gasteiger partial charge in [0.1, 0.15) is 10.7 Å². The summed E-state index contributed by atoms with van der Waals surface area (Å²) < 4.78 is 27.1. The smallest absolute Gasteiger partial charge is 0.262 e. The predicted molar refractivity (Wildman–Crippen MR) is 56.3 cm³/mol. The highest BCUT2D eigenvalue weighted by Crippen LogP contribution is 2.18. The van der Waals surface area contributed by atoms with E-state index >= 15 is 0 Å². The first-order valence-electron chi connectivity index (χ1n) is 3.88. The summed E-state index contributed by atoms with van der Waals surface area (Å²) in [5.41, 5.74) is 0.721. The Morgan fingerprint density at radius 3 is 2.57 bits per heavy atom. The first-order valence-corrected chi connectivity index (χ1v) is 6.49.